The third-order valence-electron chi connectivity index (χ3n) is 12.5. The Morgan fingerprint density at radius 1 is 0.453 bits per heavy atom. The van der Waals surface area contributed by atoms with Crippen molar-refractivity contribution in [3.05, 3.63) is 60.8 Å². The van der Waals surface area contributed by atoms with Crippen LogP contribution in [0.5, 0.6) is 0 Å². The van der Waals surface area contributed by atoms with E-state index in [0.29, 0.717) is 19.3 Å². The highest BCUT2D eigenvalue weighted by Gasteiger charge is 2.24. The number of amides is 1. The van der Waals surface area contributed by atoms with Crippen LogP contribution in [0.25, 0.3) is 0 Å². The molecule has 0 saturated heterocycles. The fraction of sp³-hybridized carbons (Fsp3) is 0.793. The molecule has 1 amide bonds. The molecule has 6 nitrogen and oxygen atoms in total. The molecule has 64 heavy (non-hydrogen) atoms. The van der Waals surface area contributed by atoms with Gasteiger partial charge >= 0.3 is 5.97 Å². The van der Waals surface area contributed by atoms with E-state index < -0.39 is 18.2 Å². The van der Waals surface area contributed by atoms with E-state index in [1.807, 2.05) is 24.3 Å². The van der Waals surface area contributed by atoms with Gasteiger partial charge in [0.2, 0.25) is 5.91 Å². The maximum absolute atomic E-state index is 13.2. The Labute approximate surface area is 397 Å². The minimum atomic E-state index is -0.792. The van der Waals surface area contributed by atoms with Crippen molar-refractivity contribution in [2.24, 2.45) is 0 Å². The third-order valence-corrected chi connectivity index (χ3v) is 12.5. The minimum absolute atomic E-state index is 0.0683. The van der Waals surface area contributed by atoms with Gasteiger partial charge in [0.25, 0.3) is 0 Å². The van der Waals surface area contributed by atoms with Gasteiger partial charge < -0.3 is 20.3 Å². The second-order valence-corrected chi connectivity index (χ2v) is 18.8. The zero-order valence-electron chi connectivity index (χ0n) is 42.4. The number of allylic oxidation sites excluding steroid dienone is 10. The van der Waals surface area contributed by atoms with Crippen LogP contribution in [0.15, 0.2) is 60.8 Å². The van der Waals surface area contributed by atoms with Crippen LogP contribution in [-0.2, 0) is 14.3 Å². The fourth-order valence-electron chi connectivity index (χ4n) is 8.29. The number of aliphatic hydroxyl groups excluding tert-OH is 2. The van der Waals surface area contributed by atoms with Gasteiger partial charge in [0.05, 0.1) is 25.2 Å². The molecule has 3 unspecified atom stereocenters. The first kappa shape index (κ1) is 61.6. The Balaban J connectivity index is 4.60. The molecular weight excluding hydrogens is 791 g/mol. The van der Waals surface area contributed by atoms with E-state index in [1.54, 1.807) is 0 Å². The number of rotatable bonds is 49. The molecular formula is C58H105NO5. The zero-order chi connectivity index (χ0) is 46.7. The van der Waals surface area contributed by atoms with Crippen molar-refractivity contribution in [1.29, 1.82) is 0 Å². The summed E-state index contributed by atoms with van der Waals surface area (Å²) in [4.78, 5) is 26.2. The molecule has 0 aliphatic heterocycles. The lowest BCUT2D eigenvalue weighted by Crippen LogP contribution is -2.46. The number of nitrogens with one attached hydrogen (secondary N) is 1. The van der Waals surface area contributed by atoms with E-state index in [4.69, 9.17) is 4.74 Å². The molecule has 3 N–H and O–H groups in total. The number of esters is 1. The molecule has 0 aliphatic carbocycles. The summed E-state index contributed by atoms with van der Waals surface area (Å²) in [5.74, 6) is -0.494. The molecule has 0 rings (SSSR count). The van der Waals surface area contributed by atoms with E-state index >= 15 is 0 Å². The zero-order valence-corrected chi connectivity index (χ0v) is 42.4. The average Bonchev–Trinajstić information content (AvgIpc) is 3.29. The minimum Gasteiger partial charge on any atom is -0.462 e. The van der Waals surface area contributed by atoms with Crippen LogP contribution in [0.2, 0.25) is 0 Å². The van der Waals surface area contributed by atoms with Crippen LogP contribution in [-0.4, -0.2) is 46.9 Å². The topological polar surface area (TPSA) is 95.9 Å². The number of unbranched alkanes of at least 4 members (excludes halogenated alkanes) is 31. The van der Waals surface area contributed by atoms with Gasteiger partial charge in [-0.3, -0.25) is 9.59 Å². The second kappa shape index (κ2) is 51.5. The van der Waals surface area contributed by atoms with E-state index in [9.17, 15) is 19.8 Å². The highest BCUT2D eigenvalue weighted by Crippen LogP contribution is 2.18. The smallest absolute Gasteiger partial charge is 0.306 e. The van der Waals surface area contributed by atoms with Gasteiger partial charge in [0.1, 0.15) is 6.10 Å². The number of hydrogen-bond donors (Lipinski definition) is 3. The van der Waals surface area contributed by atoms with Crippen molar-refractivity contribution in [2.45, 2.75) is 289 Å². The molecule has 0 aromatic carbocycles. The normalized spacial score (nSPS) is 13.6. The lowest BCUT2D eigenvalue weighted by Gasteiger charge is -2.24. The molecule has 3 atom stereocenters. The van der Waals surface area contributed by atoms with Gasteiger partial charge in [0, 0.05) is 6.42 Å². The first-order chi connectivity index (χ1) is 31.5. The SMILES string of the molecule is CCC/C=C/C=C/C=C/C=C/C=C/CCCCCCCC(=O)OC(CCCCCCCCCCCCCCCCCCC)CC(=O)NC(CO)C(O)CCCCCCCCCCCC. The van der Waals surface area contributed by atoms with E-state index in [2.05, 4.69) is 62.5 Å². The molecule has 0 spiro atoms. The molecule has 0 aromatic heterocycles. The van der Waals surface area contributed by atoms with Gasteiger partial charge in [-0.25, -0.2) is 0 Å². The van der Waals surface area contributed by atoms with Crippen molar-refractivity contribution in [3.63, 3.8) is 0 Å². The summed E-state index contributed by atoms with van der Waals surface area (Å²) in [6, 6.07) is -0.706. The number of carbonyl (C=O) groups is 2. The predicted octanol–water partition coefficient (Wildman–Crippen LogP) is 16.8. The second-order valence-electron chi connectivity index (χ2n) is 18.8. The van der Waals surface area contributed by atoms with Crippen molar-refractivity contribution in [3.8, 4) is 0 Å². The van der Waals surface area contributed by atoms with Crippen LogP contribution >= 0.6 is 0 Å². The average molecular weight is 896 g/mol. The van der Waals surface area contributed by atoms with Crippen molar-refractivity contribution in [2.75, 3.05) is 6.61 Å². The summed E-state index contributed by atoms with van der Waals surface area (Å²) in [7, 11) is 0. The van der Waals surface area contributed by atoms with Crippen LogP contribution in [0.3, 0.4) is 0 Å². The maximum Gasteiger partial charge on any atom is 0.306 e. The molecule has 0 fully saturated rings. The summed E-state index contributed by atoms with van der Waals surface area (Å²) < 4.78 is 5.95. The van der Waals surface area contributed by atoms with E-state index in [-0.39, 0.29) is 24.9 Å². The summed E-state index contributed by atoms with van der Waals surface area (Å²) in [5.41, 5.74) is 0. The summed E-state index contributed by atoms with van der Waals surface area (Å²) >= 11 is 0. The standard InChI is InChI=1S/C58H105NO5/c1-4-7-10-13-16-19-22-24-26-28-30-32-34-36-39-42-45-48-51-58(63)64-54(49-46-43-40-37-35-33-31-29-27-25-23-20-17-14-11-8-5-2)52-57(62)59-55(53-60)56(61)50-47-44-41-38-21-18-15-12-9-6-3/h10,13,16,19,22,24,26,28,30,32,54-56,60-61H,4-9,11-12,14-15,17-18,20-21,23,25,27,29,31,33-53H2,1-3H3,(H,59,62)/b13-10+,19-16+,24-22+,28-26+,32-30+. The highest BCUT2D eigenvalue weighted by atomic mass is 16.5. The Kier molecular flexibility index (Phi) is 49.6. The molecule has 6 heteroatoms. The third kappa shape index (κ3) is 46.1. The molecule has 0 radical (unpaired) electrons. The summed E-state index contributed by atoms with van der Waals surface area (Å²) in [5, 5.41) is 23.8. The Bertz CT molecular complexity index is 1140. The maximum atomic E-state index is 13.2. The van der Waals surface area contributed by atoms with Crippen LogP contribution < -0.4 is 5.32 Å². The largest absolute Gasteiger partial charge is 0.462 e. The monoisotopic (exact) mass is 896 g/mol. The Hall–Kier alpha value is -2.44. The quantitative estimate of drug-likeness (QED) is 0.0321. The summed E-state index contributed by atoms with van der Waals surface area (Å²) in [6.07, 6.45) is 64.2. The summed E-state index contributed by atoms with van der Waals surface area (Å²) in [6.45, 7) is 6.40. The Morgan fingerprint density at radius 2 is 0.828 bits per heavy atom. The van der Waals surface area contributed by atoms with Gasteiger partial charge in [-0.15, -0.1) is 0 Å². The van der Waals surface area contributed by atoms with E-state index in [0.717, 1.165) is 77.0 Å². The highest BCUT2D eigenvalue weighted by molar-refractivity contribution is 5.77. The lowest BCUT2D eigenvalue weighted by molar-refractivity contribution is -0.151. The molecule has 0 aliphatic rings. The van der Waals surface area contributed by atoms with Crippen molar-refractivity contribution < 1.29 is 24.5 Å². The number of aliphatic hydroxyl groups is 2. The molecule has 372 valence electrons. The number of ether oxygens (including phenoxy) is 1. The van der Waals surface area contributed by atoms with E-state index in [1.165, 1.54) is 148 Å². The first-order valence-corrected chi connectivity index (χ1v) is 27.6. The van der Waals surface area contributed by atoms with Gasteiger partial charge in [-0.2, -0.15) is 0 Å². The molecule has 0 saturated carbocycles. The van der Waals surface area contributed by atoms with Crippen LogP contribution in [0.4, 0.5) is 0 Å². The molecule has 0 bridgehead atoms. The predicted molar refractivity (Wildman–Crippen MR) is 278 cm³/mol. The van der Waals surface area contributed by atoms with Crippen molar-refractivity contribution >= 4 is 11.9 Å². The lowest BCUT2D eigenvalue weighted by atomic mass is 10.0. The van der Waals surface area contributed by atoms with Gasteiger partial charge in [-0.1, -0.05) is 274 Å². The molecule has 0 aromatic rings. The number of carbonyl (C=O) groups excluding carboxylic acids is 2. The van der Waals surface area contributed by atoms with Gasteiger partial charge in [0.15, 0.2) is 0 Å². The molecule has 0 heterocycles. The Morgan fingerprint density at radius 3 is 1.27 bits per heavy atom. The van der Waals surface area contributed by atoms with Crippen LogP contribution in [0, 0.1) is 0 Å². The van der Waals surface area contributed by atoms with Gasteiger partial charge in [-0.05, 0) is 44.9 Å². The van der Waals surface area contributed by atoms with Crippen LogP contribution in [0.1, 0.15) is 271 Å². The first-order valence-electron chi connectivity index (χ1n) is 27.6. The van der Waals surface area contributed by atoms with Crippen molar-refractivity contribution in [1.82, 2.24) is 5.32 Å². The number of hydrogen-bond acceptors (Lipinski definition) is 5. The fourth-order valence-corrected chi connectivity index (χ4v) is 8.29.